The Morgan fingerprint density at radius 2 is 1.51 bits per heavy atom. The molecule has 14 heteroatoms. The summed E-state index contributed by atoms with van der Waals surface area (Å²) >= 11 is 0. The summed E-state index contributed by atoms with van der Waals surface area (Å²) in [5.74, 6) is 0.727. The third-order valence-electron chi connectivity index (χ3n) is 10.6. The summed E-state index contributed by atoms with van der Waals surface area (Å²) < 4.78 is 37.6. The van der Waals surface area contributed by atoms with E-state index in [2.05, 4.69) is 83.0 Å². The zero-order valence-corrected chi connectivity index (χ0v) is 36.0. The predicted molar refractivity (Wildman–Crippen MR) is 235 cm³/mol. The molecule has 0 saturated carbocycles. The van der Waals surface area contributed by atoms with Crippen LogP contribution < -0.4 is 10.1 Å². The van der Waals surface area contributed by atoms with Crippen molar-refractivity contribution in [1.29, 1.82) is 5.26 Å². The fraction of sp³-hybridized carbons (Fsp3) is 0.340. The molecule has 1 aliphatic rings. The summed E-state index contributed by atoms with van der Waals surface area (Å²) in [6, 6.07) is 39.7. The fourth-order valence-electron chi connectivity index (χ4n) is 7.78. The third kappa shape index (κ3) is 9.82. The van der Waals surface area contributed by atoms with Gasteiger partial charge in [0, 0.05) is 17.6 Å². The van der Waals surface area contributed by atoms with E-state index in [9.17, 15) is 10.1 Å². The number of ether oxygens (including phenoxy) is 3. The summed E-state index contributed by atoms with van der Waals surface area (Å²) in [7, 11) is 0.0455. The largest absolute Gasteiger partial charge is 0.497 e. The molecule has 6 aromatic rings. The van der Waals surface area contributed by atoms with Gasteiger partial charge in [-0.05, 0) is 81.5 Å². The minimum atomic E-state index is -1.61. The monoisotopic (exact) mass is 841 g/mol. The number of rotatable bonds is 18. The lowest BCUT2D eigenvalue weighted by Crippen LogP contribution is -2.45. The summed E-state index contributed by atoms with van der Waals surface area (Å²) in [4.78, 5) is 26.8. The second kappa shape index (κ2) is 20.3. The fourth-order valence-corrected chi connectivity index (χ4v) is 9.56. The Labute approximate surface area is 358 Å². The molecule has 4 atom stereocenters. The summed E-state index contributed by atoms with van der Waals surface area (Å²) in [5, 5.41) is 12.3. The molecule has 1 amide bonds. The van der Waals surface area contributed by atoms with Crippen molar-refractivity contribution in [3.63, 3.8) is 0 Å². The van der Waals surface area contributed by atoms with Crippen molar-refractivity contribution >= 4 is 31.4 Å². The lowest BCUT2D eigenvalue weighted by molar-refractivity contribution is -0.173. The van der Waals surface area contributed by atoms with Gasteiger partial charge in [-0.3, -0.25) is 9.36 Å². The number of aromatic nitrogens is 4. The Morgan fingerprint density at radius 3 is 2.11 bits per heavy atom. The number of benzene rings is 4. The quantitative estimate of drug-likeness (QED) is 0.0502. The van der Waals surface area contributed by atoms with Gasteiger partial charge >= 0.3 is 0 Å². The second-order valence-electron chi connectivity index (χ2n) is 15.2. The standard InChI is InChI=1S/C47H52N7O6P/c1-33(2)54(34(3)4)61(58-29-15-28-48)60-40-26-27-42(53-32-51-43-44(49-31-50-45(43)53)52-46(55)35-16-9-6-10-17-35)59-41(40)30-57-47(36-18-11-7-12-19-36,37-20-13-8-14-21-37)38-22-24-39(56-5)25-23-38/h6-14,16-25,31-34,40-42H,15,26-27,29-30H2,1-5H3,(H,49,50,52,55)/t40-,41+,42-,61?/m0/s1. The minimum absolute atomic E-state index is 0.104. The minimum Gasteiger partial charge on any atom is -0.497 e. The Kier molecular flexibility index (Phi) is 14.5. The second-order valence-corrected chi connectivity index (χ2v) is 16.6. The molecule has 1 unspecified atom stereocenters. The maximum atomic E-state index is 13.1. The van der Waals surface area contributed by atoms with Gasteiger partial charge in [-0.25, -0.2) is 19.6 Å². The SMILES string of the molecule is COc1ccc(C(OC[C@H]2O[C@H](n3cnc4c(NC(=O)c5ccccc5)ncnc43)CC[C@@H]2OP(OCCC#N)N(C(C)C)C(C)C)(c2ccccc2)c2ccccc2)cc1. The maximum Gasteiger partial charge on any atom is 0.259 e. The van der Waals surface area contributed by atoms with Gasteiger partial charge in [-0.2, -0.15) is 5.26 Å². The van der Waals surface area contributed by atoms with E-state index in [0.29, 0.717) is 35.4 Å². The average Bonchev–Trinajstić information content (AvgIpc) is 3.73. The number of amides is 1. The number of carbonyl (C=O) groups excluding carboxylic acids is 1. The molecule has 4 aromatic carbocycles. The van der Waals surface area contributed by atoms with Crippen molar-refractivity contribution in [2.45, 2.75) is 83.1 Å². The summed E-state index contributed by atoms with van der Waals surface area (Å²) in [5.41, 5.74) is 3.17. The highest BCUT2D eigenvalue weighted by Gasteiger charge is 2.43. The summed E-state index contributed by atoms with van der Waals surface area (Å²) in [6.07, 6.45) is 2.86. The molecule has 1 fully saturated rings. The van der Waals surface area contributed by atoms with E-state index in [0.717, 1.165) is 22.4 Å². The number of hydrogen-bond acceptors (Lipinski definition) is 11. The average molecular weight is 842 g/mol. The molecule has 61 heavy (non-hydrogen) atoms. The number of hydrogen-bond donors (Lipinski definition) is 1. The molecule has 1 aliphatic heterocycles. The lowest BCUT2D eigenvalue weighted by atomic mass is 9.80. The molecular formula is C47H52N7O6P. The van der Waals surface area contributed by atoms with Gasteiger partial charge < -0.3 is 28.6 Å². The molecule has 3 heterocycles. The van der Waals surface area contributed by atoms with Crippen LogP contribution in [0.1, 0.15) is 80.2 Å². The van der Waals surface area contributed by atoms with E-state index in [-0.39, 0.29) is 37.6 Å². The Hall–Kier alpha value is -5.58. The third-order valence-corrected chi connectivity index (χ3v) is 12.7. The Bertz CT molecular complexity index is 2310. The highest BCUT2D eigenvalue weighted by atomic mass is 31.2. The van der Waals surface area contributed by atoms with E-state index in [1.807, 2.05) is 83.4 Å². The van der Waals surface area contributed by atoms with Crippen LogP contribution >= 0.6 is 8.53 Å². The number of nitriles is 1. The van der Waals surface area contributed by atoms with Crippen LogP contribution in [0.3, 0.4) is 0 Å². The number of anilines is 1. The van der Waals surface area contributed by atoms with Crippen LogP contribution in [0.25, 0.3) is 11.2 Å². The topological polar surface area (TPSA) is 146 Å². The first-order valence-electron chi connectivity index (χ1n) is 20.6. The number of fused-ring (bicyclic) bond motifs is 1. The van der Waals surface area contributed by atoms with E-state index < -0.39 is 32.6 Å². The lowest BCUT2D eigenvalue weighted by Gasteiger charge is -2.43. The van der Waals surface area contributed by atoms with Crippen molar-refractivity contribution in [3.05, 3.63) is 150 Å². The first-order chi connectivity index (χ1) is 29.7. The molecule has 1 N–H and O–H groups in total. The van der Waals surface area contributed by atoms with Crippen LogP contribution in [-0.4, -0.2) is 74.7 Å². The number of nitrogens with one attached hydrogen (secondary N) is 1. The van der Waals surface area contributed by atoms with Crippen LogP contribution in [0, 0.1) is 11.3 Å². The predicted octanol–water partition coefficient (Wildman–Crippen LogP) is 9.43. The Balaban J connectivity index is 1.27. The molecule has 0 aliphatic carbocycles. The molecule has 0 radical (unpaired) electrons. The van der Waals surface area contributed by atoms with Crippen molar-refractivity contribution in [3.8, 4) is 11.8 Å². The first-order valence-corrected chi connectivity index (χ1v) is 21.7. The van der Waals surface area contributed by atoms with Gasteiger partial charge in [0.25, 0.3) is 14.4 Å². The molecule has 0 bridgehead atoms. The van der Waals surface area contributed by atoms with E-state index >= 15 is 0 Å². The molecule has 316 valence electrons. The van der Waals surface area contributed by atoms with Crippen LogP contribution in [0.15, 0.2) is 128 Å². The molecule has 7 rings (SSSR count). The van der Waals surface area contributed by atoms with Gasteiger partial charge in [0.15, 0.2) is 17.0 Å². The zero-order valence-electron chi connectivity index (χ0n) is 35.1. The zero-order chi connectivity index (χ0) is 42.8. The molecule has 0 spiro atoms. The molecule has 1 saturated heterocycles. The first kappa shape index (κ1) is 43.5. The van der Waals surface area contributed by atoms with Crippen molar-refractivity contribution < 1.29 is 28.1 Å². The van der Waals surface area contributed by atoms with Crippen molar-refractivity contribution in [2.24, 2.45) is 0 Å². The van der Waals surface area contributed by atoms with Gasteiger partial charge in [0.2, 0.25) is 0 Å². The van der Waals surface area contributed by atoms with Gasteiger partial charge in [-0.15, -0.1) is 0 Å². The summed E-state index contributed by atoms with van der Waals surface area (Å²) in [6.45, 7) is 8.82. The van der Waals surface area contributed by atoms with Crippen molar-refractivity contribution in [1.82, 2.24) is 24.2 Å². The molecule has 2 aromatic heterocycles. The number of methoxy groups -OCH3 is 1. The number of imidazole rings is 1. The van der Waals surface area contributed by atoms with Crippen LogP contribution in [0.4, 0.5) is 5.82 Å². The van der Waals surface area contributed by atoms with E-state index in [1.54, 1.807) is 25.6 Å². The highest BCUT2D eigenvalue weighted by Crippen LogP contribution is 2.50. The Morgan fingerprint density at radius 1 is 0.885 bits per heavy atom. The van der Waals surface area contributed by atoms with Gasteiger partial charge in [0.05, 0.1) is 45.2 Å². The van der Waals surface area contributed by atoms with Crippen LogP contribution in [0.2, 0.25) is 0 Å². The molecule has 13 nitrogen and oxygen atoms in total. The number of carbonyl (C=O) groups is 1. The maximum absolute atomic E-state index is 13.1. The van der Waals surface area contributed by atoms with Crippen molar-refractivity contribution in [2.75, 3.05) is 25.6 Å². The normalized spacial score (nSPS) is 17.4. The molecular weight excluding hydrogens is 790 g/mol. The van der Waals surface area contributed by atoms with Gasteiger partial charge in [0.1, 0.15) is 30.0 Å². The smallest absolute Gasteiger partial charge is 0.259 e. The van der Waals surface area contributed by atoms with E-state index in [1.165, 1.54) is 6.33 Å². The highest BCUT2D eigenvalue weighted by molar-refractivity contribution is 7.44. The van der Waals surface area contributed by atoms with E-state index in [4.69, 9.17) is 23.3 Å². The van der Waals surface area contributed by atoms with Crippen LogP contribution in [0.5, 0.6) is 5.75 Å². The van der Waals surface area contributed by atoms with Crippen LogP contribution in [-0.2, 0) is 24.1 Å². The van der Waals surface area contributed by atoms with Gasteiger partial charge in [-0.1, -0.05) is 91.0 Å². The number of nitrogens with zero attached hydrogens (tertiary/aromatic N) is 6.